The zero-order valence-electron chi connectivity index (χ0n) is 11.1. The minimum absolute atomic E-state index is 0.0104. The summed E-state index contributed by atoms with van der Waals surface area (Å²) in [6.07, 6.45) is 7.84. The van der Waals surface area contributed by atoms with E-state index >= 15 is 0 Å². The van der Waals surface area contributed by atoms with Gasteiger partial charge in [-0.25, -0.2) is 4.98 Å². The number of nitrogens with two attached hydrogens (primary N) is 1. The molecule has 5 nitrogen and oxygen atoms in total. The van der Waals surface area contributed by atoms with E-state index in [1.54, 1.807) is 12.5 Å². The number of hydrogen-bond acceptors (Lipinski definition) is 3. The van der Waals surface area contributed by atoms with Gasteiger partial charge in [-0.2, -0.15) is 0 Å². The summed E-state index contributed by atoms with van der Waals surface area (Å²) in [5, 5.41) is 2.95. The third-order valence-electron chi connectivity index (χ3n) is 3.74. The molecule has 0 aliphatic heterocycles. The standard InChI is InChI=1S/C13H20N4OS/c1-10-7-13(8-10,11(14)19)12(18)16-3-2-5-17-6-4-15-9-17/h4,6,9-10H,2-3,5,7-8H2,1H3,(H2,14,19)(H,16,18). The van der Waals surface area contributed by atoms with Gasteiger partial charge in [0.15, 0.2) is 0 Å². The largest absolute Gasteiger partial charge is 0.392 e. The maximum atomic E-state index is 12.2. The van der Waals surface area contributed by atoms with E-state index in [0.29, 0.717) is 17.5 Å². The molecule has 1 saturated carbocycles. The van der Waals surface area contributed by atoms with E-state index < -0.39 is 5.41 Å². The molecule has 1 aromatic heterocycles. The lowest BCUT2D eigenvalue weighted by Crippen LogP contribution is -2.56. The van der Waals surface area contributed by atoms with E-state index in [1.165, 1.54) is 0 Å². The number of nitrogens with one attached hydrogen (secondary N) is 1. The topological polar surface area (TPSA) is 72.9 Å². The number of thiocarbonyl (C=S) groups is 1. The number of rotatable bonds is 6. The lowest BCUT2D eigenvalue weighted by atomic mass is 9.62. The molecule has 104 valence electrons. The fourth-order valence-corrected chi connectivity index (χ4v) is 2.94. The molecule has 0 bridgehead atoms. The second kappa shape index (κ2) is 5.69. The smallest absolute Gasteiger partial charge is 0.233 e. The second-order valence-corrected chi connectivity index (χ2v) is 5.81. The minimum Gasteiger partial charge on any atom is -0.392 e. The van der Waals surface area contributed by atoms with Crippen LogP contribution < -0.4 is 11.1 Å². The Morgan fingerprint density at radius 3 is 2.89 bits per heavy atom. The van der Waals surface area contributed by atoms with Gasteiger partial charge in [0.2, 0.25) is 5.91 Å². The first-order chi connectivity index (χ1) is 9.04. The van der Waals surface area contributed by atoms with Gasteiger partial charge in [-0.1, -0.05) is 19.1 Å². The van der Waals surface area contributed by atoms with E-state index in [4.69, 9.17) is 18.0 Å². The monoisotopic (exact) mass is 280 g/mol. The van der Waals surface area contributed by atoms with Gasteiger partial charge in [0, 0.05) is 25.5 Å². The molecule has 1 amide bonds. The maximum Gasteiger partial charge on any atom is 0.233 e. The van der Waals surface area contributed by atoms with E-state index in [0.717, 1.165) is 25.8 Å². The average molecular weight is 280 g/mol. The van der Waals surface area contributed by atoms with Gasteiger partial charge in [-0.3, -0.25) is 4.79 Å². The fourth-order valence-electron chi connectivity index (χ4n) is 2.68. The number of carbonyl (C=O) groups excluding carboxylic acids is 1. The number of aromatic nitrogens is 2. The minimum atomic E-state index is -0.593. The molecule has 1 aliphatic carbocycles. The van der Waals surface area contributed by atoms with Crippen LogP contribution in [0, 0.1) is 11.3 Å². The Labute approximate surface area is 118 Å². The van der Waals surface area contributed by atoms with Crippen molar-refractivity contribution in [2.24, 2.45) is 17.1 Å². The van der Waals surface area contributed by atoms with Crippen molar-refractivity contribution in [1.82, 2.24) is 14.9 Å². The van der Waals surface area contributed by atoms with E-state index in [2.05, 4.69) is 17.2 Å². The van der Waals surface area contributed by atoms with Gasteiger partial charge in [0.1, 0.15) is 0 Å². The van der Waals surface area contributed by atoms with Crippen molar-refractivity contribution in [2.45, 2.75) is 32.7 Å². The summed E-state index contributed by atoms with van der Waals surface area (Å²) in [6, 6.07) is 0. The maximum absolute atomic E-state index is 12.2. The molecule has 0 spiro atoms. The van der Waals surface area contributed by atoms with Crippen molar-refractivity contribution in [1.29, 1.82) is 0 Å². The van der Waals surface area contributed by atoms with Crippen molar-refractivity contribution < 1.29 is 4.79 Å². The van der Waals surface area contributed by atoms with Crippen LogP contribution in [0.5, 0.6) is 0 Å². The third-order valence-corrected chi connectivity index (χ3v) is 4.13. The molecule has 19 heavy (non-hydrogen) atoms. The van der Waals surface area contributed by atoms with Crippen molar-refractivity contribution in [3.63, 3.8) is 0 Å². The van der Waals surface area contributed by atoms with Crippen LogP contribution in [-0.2, 0) is 11.3 Å². The summed E-state index contributed by atoms with van der Waals surface area (Å²) >= 11 is 5.06. The SMILES string of the molecule is CC1CC(C(=O)NCCCn2ccnc2)(C(N)=S)C1. The predicted molar refractivity (Wildman–Crippen MR) is 77.5 cm³/mol. The van der Waals surface area contributed by atoms with Crippen LogP contribution in [0.2, 0.25) is 0 Å². The zero-order chi connectivity index (χ0) is 13.9. The highest BCUT2D eigenvalue weighted by atomic mass is 32.1. The number of aryl methyl sites for hydroxylation is 1. The van der Waals surface area contributed by atoms with Crippen LogP contribution in [0.1, 0.15) is 26.2 Å². The van der Waals surface area contributed by atoms with E-state index in [9.17, 15) is 4.79 Å². The normalized spacial score (nSPS) is 25.6. The molecule has 1 heterocycles. The first-order valence-corrected chi connectivity index (χ1v) is 6.99. The fraction of sp³-hybridized carbons (Fsp3) is 0.615. The van der Waals surface area contributed by atoms with Crippen LogP contribution in [0.25, 0.3) is 0 Å². The van der Waals surface area contributed by atoms with Gasteiger partial charge in [0.05, 0.1) is 16.7 Å². The van der Waals surface area contributed by atoms with Crippen molar-refractivity contribution in [2.75, 3.05) is 6.54 Å². The van der Waals surface area contributed by atoms with Crippen LogP contribution in [0.15, 0.2) is 18.7 Å². The van der Waals surface area contributed by atoms with Gasteiger partial charge in [-0.05, 0) is 25.2 Å². The molecule has 0 unspecified atom stereocenters. The summed E-state index contributed by atoms with van der Waals surface area (Å²) in [6.45, 7) is 3.59. The molecule has 0 saturated heterocycles. The van der Waals surface area contributed by atoms with E-state index in [-0.39, 0.29) is 5.91 Å². The van der Waals surface area contributed by atoms with Crippen LogP contribution in [0.4, 0.5) is 0 Å². The zero-order valence-corrected chi connectivity index (χ0v) is 11.9. The highest BCUT2D eigenvalue weighted by molar-refractivity contribution is 7.80. The van der Waals surface area contributed by atoms with E-state index in [1.807, 2.05) is 10.8 Å². The Kier molecular flexibility index (Phi) is 4.19. The summed E-state index contributed by atoms with van der Waals surface area (Å²) in [5.41, 5.74) is 5.14. The molecule has 0 radical (unpaired) electrons. The van der Waals surface area contributed by atoms with Crippen LogP contribution in [0.3, 0.4) is 0 Å². The van der Waals surface area contributed by atoms with Gasteiger partial charge >= 0.3 is 0 Å². The Balaban J connectivity index is 1.76. The quantitative estimate of drug-likeness (QED) is 0.604. The first-order valence-electron chi connectivity index (χ1n) is 6.58. The Morgan fingerprint density at radius 1 is 1.63 bits per heavy atom. The highest BCUT2D eigenvalue weighted by Gasteiger charge is 2.50. The van der Waals surface area contributed by atoms with Crippen molar-refractivity contribution in [3.8, 4) is 0 Å². The molecule has 1 fully saturated rings. The summed E-state index contributed by atoms with van der Waals surface area (Å²) < 4.78 is 1.99. The number of nitrogens with zero attached hydrogens (tertiary/aromatic N) is 2. The van der Waals surface area contributed by atoms with Crippen molar-refractivity contribution >= 4 is 23.1 Å². The molecule has 0 atom stereocenters. The molecule has 3 N–H and O–H groups in total. The lowest BCUT2D eigenvalue weighted by Gasteiger charge is -2.44. The van der Waals surface area contributed by atoms with Crippen LogP contribution in [-0.4, -0.2) is 27.0 Å². The molecular formula is C13H20N4OS. The summed E-state index contributed by atoms with van der Waals surface area (Å²) in [7, 11) is 0. The molecule has 1 aliphatic rings. The Morgan fingerprint density at radius 2 is 2.37 bits per heavy atom. The second-order valence-electron chi connectivity index (χ2n) is 5.37. The Bertz CT molecular complexity index is 451. The molecule has 0 aromatic carbocycles. The molecule has 2 rings (SSSR count). The Hall–Kier alpha value is -1.43. The highest BCUT2D eigenvalue weighted by Crippen LogP contribution is 2.45. The molecule has 1 aromatic rings. The van der Waals surface area contributed by atoms with Gasteiger partial charge in [0.25, 0.3) is 0 Å². The summed E-state index contributed by atoms with van der Waals surface area (Å²) in [5.74, 6) is 0.516. The van der Waals surface area contributed by atoms with Crippen molar-refractivity contribution in [3.05, 3.63) is 18.7 Å². The molecule has 6 heteroatoms. The number of carbonyl (C=O) groups is 1. The number of imidazole rings is 1. The molecular weight excluding hydrogens is 260 g/mol. The lowest BCUT2D eigenvalue weighted by molar-refractivity contribution is -0.132. The van der Waals surface area contributed by atoms with Gasteiger partial charge in [-0.15, -0.1) is 0 Å². The predicted octanol–water partition coefficient (Wildman–Crippen LogP) is 1.09. The number of hydrogen-bond donors (Lipinski definition) is 2. The summed E-state index contributed by atoms with van der Waals surface area (Å²) in [4.78, 5) is 16.5. The van der Waals surface area contributed by atoms with Gasteiger partial charge < -0.3 is 15.6 Å². The first kappa shape index (κ1) is 14.0. The third kappa shape index (κ3) is 2.94. The number of amides is 1. The average Bonchev–Trinajstić information content (AvgIpc) is 2.82. The van der Waals surface area contributed by atoms with Crippen LogP contribution >= 0.6 is 12.2 Å².